The van der Waals surface area contributed by atoms with Crippen LogP contribution in [-0.2, 0) is 0 Å². The van der Waals surface area contributed by atoms with Crippen LogP contribution in [-0.4, -0.2) is 62.0 Å². The Kier molecular flexibility index (Phi) is 6.65. The number of carbonyl (C=O) groups is 1. The number of rotatable bonds is 8. The molecule has 6 nitrogen and oxygen atoms in total. The standard InChI is InChI=1S/C21H28N4O2/c1-17(26)18-7-5-10-22-21(18)23-11-6-12-24-13-15-25(16-14-24)19-8-3-4-9-20(19)27-2/h3-5,7-10H,6,11-16H2,1-2H3,(H,22,23). The second-order valence-corrected chi connectivity index (χ2v) is 6.74. The van der Waals surface area contributed by atoms with Crippen LogP contribution in [0.5, 0.6) is 5.75 Å². The van der Waals surface area contributed by atoms with Gasteiger partial charge in [0.05, 0.1) is 18.4 Å². The van der Waals surface area contributed by atoms with Gasteiger partial charge in [0.25, 0.3) is 0 Å². The molecule has 1 fully saturated rings. The fraction of sp³-hybridized carbons (Fsp3) is 0.429. The molecule has 0 atom stereocenters. The van der Waals surface area contributed by atoms with E-state index < -0.39 is 0 Å². The van der Waals surface area contributed by atoms with Crippen LogP contribution in [0.3, 0.4) is 0 Å². The molecular formula is C21H28N4O2. The van der Waals surface area contributed by atoms with E-state index >= 15 is 0 Å². The van der Waals surface area contributed by atoms with Crippen molar-refractivity contribution in [1.82, 2.24) is 9.88 Å². The van der Waals surface area contributed by atoms with Gasteiger partial charge in [0.2, 0.25) is 0 Å². The van der Waals surface area contributed by atoms with Crippen LogP contribution in [0.2, 0.25) is 0 Å². The maximum absolute atomic E-state index is 11.6. The maximum Gasteiger partial charge on any atom is 0.163 e. The summed E-state index contributed by atoms with van der Waals surface area (Å²) in [6.45, 7) is 7.51. The average molecular weight is 368 g/mol. The number of piperazine rings is 1. The summed E-state index contributed by atoms with van der Waals surface area (Å²) in [4.78, 5) is 20.8. The number of benzene rings is 1. The molecule has 0 radical (unpaired) electrons. The molecule has 2 heterocycles. The number of anilines is 2. The SMILES string of the molecule is COc1ccccc1N1CCN(CCCNc2ncccc2C(C)=O)CC1. The molecular weight excluding hydrogens is 340 g/mol. The van der Waals surface area contributed by atoms with Crippen molar-refractivity contribution in [3.63, 3.8) is 0 Å². The van der Waals surface area contributed by atoms with E-state index in [1.54, 1.807) is 26.3 Å². The number of ketones is 1. The van der Waals surface area contributed by atoms with E-state index in [4.69, 9.17) is 4.74 Å². The number of hydrogen-bond acceptors (Lipinski definition) is 6. The molecule has 27 heavy (non-hydrogen) atoms. The molecule has 1 aliphatic rings. The van der Waals surface area contributed by atoms with Crippen LogP contribution in [0.25, 0.3) is 0 Å². The molecule has 0 bridgehead atoms. The summed E-state index contributed by atoms with van der Waals surface area (Å²) >= 11 is 0. The number of methoxy groups -OCH3 is 1. The number of nitrogens with zero attached hydrogens (tertiary/aromatic N) is 3. The summed E-state index contributed by atoms with van der Waals surface area (Å²) in [5.74, 6) is 1.66. The van der Waals surface area contributed by atoms with Crippen molar-refractivity contribution < 1.29 is 9.53 Å². The minimum atomic E-state index is 0.0399. The third-order valence-corrected chi connectivity index (χ3v) is 4.93. The van der Waals surface area contributed by atoms with Gasteiger partial charge in [-0.05, 0) is 44.2 Å². The zero-order chi connectivity index (χ0) is 19.1. The Bertz CT molecular complexity index is 757. The molecule has 0 amide bonds. The van der Waals surface area contributed by atoms with Crippen molar-refractivity contribution in [2.75, 3.05) is 56.6 Å². The van der Waals surface area contributed by atoms with Gasteiger partial charge in [0.1, 0.15) is 11.6 Å². The molecule has 0 aliphatic carbocycles. The third-order valence-electron chi connectivity index (χ3n) is 4.93. The van der Waals surface area contributed by atoms with Gasteiger partial charge in [-0.2, -0.15) is 0 Å². The minimum Gasteiger partial charge on any atom is -0.495 e. The van der Waals surface area contributed by atoms with E-state index in [-0.39, 0.29) is 5.78 Å². The van der Waals surface area contributed by atoms with Crippen LogP contribution in [0.15, 0.2) is 42.6 Å². The van der Waals surface area contributed by atoms with E-state index in [9.17, 15) is 4.79 Å². The first-order chi connectivity index (χ1) is 13.2. The molecule has 0 unspecified atom stereocenters. The molecule has 3 rings (SSSR count). The van der Waals surface area contributed by atoms with Crippen molar-refractivity contribution in [3.05, 3.63) is 48.2 Å². The fourth-order valence-corrected chi connectivity index (χ4v) is 3.44. The van der Waals surface area contributed by atoms with Crippen molar-refractivity contribution in [1.29, 1.82) is 0 Å². The van der Waals surface area contributed by atoms with Gasteiger partial charge in [0.15, 0.2) is 5.78 Å². The van der Waals surface area contributed by atoms with E-state index in [1.165, 1.54) is 5.69 Å². The van der Waals surface area contributed by atoms with Crippen LogP contribution in [0.1, 0.15) is 23.7 Å². The number of para-hydroxylation sites is 2. The lowest BCUT2D eigenvalue weighted by Crippen LogP contribution is -2.47. The molecule has 1 aliphatic heterocycles. The summed E-state index contributed by atoms with van der Waals surface area (Å²) < 4.78 is 5.48. The van der Waals surface area contributed by atoms with Crippen molar-refractivity contribution in [2.45, 2.75) is 13.3 Å². The highest BCUT2D eigenvalue weighted by Gasteiger charge is 2.19. The summed E-state index contributed by atoms with van der Waals surface area (Å²) in [5, 5.41) is 3.30. The Morgan fingerprint density at radius 2 is 1.93 bits per heavy atom. The number of pyridine rings is 1. The molecule has 1 N–H and O–H groups in total. The fourth-order valence-electron chi connectivity index (χ4n) is 3.44. The van der Waals surface area contributed by atoms with Gasteiger partial charge in [-0.25, -0.2) is 4.98 Å². The van der Waals surface area contributed by atoms with Gasteiger partial charge in [-0.3, -0.25) is 9.69 Å². The smallest absolute Gasteiger partial charge is 0.163 e. The van der Waals surface area contributed by atoms with E-state index in [0.717, 1.165) is 51.4 Å². The van der Waals surface area contributed by atoms with Gasteiger partial charge in [-0.15, -0.1) is 0 Å². The lowest BCUT2D eigenvalue weighted by molar-refractivity contribution is 0.101. The molecule has 1 saturated heterocycles. The van der Waals surface area contributed by atoms with Gasteiger partial charge >= 0.3 is 0 Å². The van der Waals surface area contributed by atoms with Crippen molar-refractivity contribution in [2.24, 2.45) is 0 Å². The zero-order valence-electron chi connectivity index (χ0n) is 16.1. The highest BCUT2D eigenvalue weighted by molar-refractivity contribution is 5.98. The summed E-state index contributed by atoms with van der Waals surface area (Å²) in [7, 11) is 1.72. The maximum atomic E-state index is 11.6. The monoisotopic (exact) mass is 368 g/mol. The van der Waals surface area contributed by atoms with Gasteiger partial charge in [-0.1, -0.05) is 12.1 Å². The highest BCUT2D eigenvalue weighted by Crippen LogP contribution is 2.28. The Morgan fingerprint density at radius 3 is 2.67 bits per heavy atom. The van der Waals surface area contributed by atoms with Gasteiger partial charge in [0, 0.05) is 38.9 Å². The largest absolute Gasteiger partial charge is 0.495 e. The summed E-state index contributed by atoms with van der Waals surface area (Å²) in [5.41, 5.74) is 1.83. The number of ether oxygens (including phenoxy) is 1. The third kappa shape index (κ3) is 4.98. The lowest BCUT2D eigenvalue weighted by atomic mass is 10.2. The first-order valence-electron chi connectivity index (χ1n) is 9.49. The Labute approximate surface area is 161 Å². The molecule has 2 aromatic rings. The second-order valence-electron chi connectivity index (χ2n) is 6.74. The average Bonchev–Trinajstić information content (AvgIpc) is 2.72. The second kappa shape index (κ2) is 9.37. The molecule has 0 spiro atoms. The zero-order valence-corrected chi connectivity index (χ0v) is 16.1. The Morgan fingerprint density at radius 1 is 1.15 bits per heavy atom. The first kappa shape index (κ1) is 19.2. The summed E-state index contributed by atoms with van der Waals surface area (Å²) in [6, 6.07) is 11.8. The number of nitrogens with one attached hydrogen (secondary N) is 1. The van der Waals surface area contributed by atoms with Crippen LogP contribution >= 0.6 is 0 Å². The van der Waals surface area contributed by atoms with E-state index in [1.807, 2.05) is 18.2 Å². The summed E-state index contributed by atoms with van der Waals surface area (Å²) in [6.07, 6.45) is 2.73. The highest BCUT2D eigenvalue weighted by atomic mass is 16.5. The topological polar surface area (TPSA) is 57.7 Å². The normalized spacial score (nSPS) is 14.8. The van der Waals surface area contributed by atoms with Crippen LogP contribution in [0.4, 0.5) is 11.5 Å². The van der Waals surface area contributed by atoms with Crippen LogP contribution in [0, 0.1) is 0 Å². The minimum absolute atomic E-state index is 0.0399. The van der Waals surface area contributed by atoms with E-state index in [2.05, 4.69) is 32.2 Å². The molecule has 1 aromatic carbocycles. The predicted octanol–water partition coefficient (Wildman–Crippen LogP) is 2.92. The molecule has 144 valence electrons. The first-order valence-corrected chi connectivity index (χ1v) is 9.49. The van der Waals surface area contributed by atoms with Crippen LogP contribution < -0.4 is 15.0 Å². The van der Waals surface area contributed by atoms with Crippen molar-refractivity contribution in [3.8, 4) is 5.75 Å². The molecule has 1 aromatic heterocycles. The number of aromatic nitrogens is 1. The number of carbonyl (C=O) groups excluding carboxylic acids is 1. The quantitative estimate of drug-likeness (QED) is 0.571. The number of hydrogen-bond donors (Lipinski definition) is 1. The van der Waals surface area contributed by atoms with Crippen molar-refractivity contribution >= 4 is 17.3 Å². The number of Topliss-reactive ketones (excluding diaryl/α,β-unsaturated/α-hetero) is 1. The molecule has 6 heteroatoms. The van der Waals surface area contributed by atoms with Gasteiger partial charge < -0.3 is 15.0 Å². The molecule has 0 saturated carbocycles. The Hall–Kier alpha value is -2.60. The van der Waals surface area contributed by atoms with E-state index in [0.29, 0.717) is 11.4 Å². The lowest BCUT2D eigenvalue weighted by Gasteiger charge is -2.36. The Balaban J connectivity index is 1.42. The predicted molar refractivity (Wildman–Crippen MR) is 109 cm³/mol.